The Bertz CT molecular complexity index is 216. The first-order valence-corrected chi connectivity index (χ1v) is 4.83. The molecule has 0 radical (unpaired) electrons. The molecule has 1 aromatic carbocycles. The van der Waals surface area contributed by atoms with Crippen LogP contribution >= 0.6 is 11.6 Å². The normalized spacial score (nSPS) is 8.46. The lowest BCUT2D eigenvalue weighted by molar-refractivity contribution is 0.867. The van der Waals surface area contributed by atoms with Gasteiger partial charge in [-0.1, -0.05) is 58.9 Å². The molecule has 0 spiro atoms. The molecule has 0 saturated heterocycles. The van der Waals surface area contributed by atoms with E-state index in [4.69, 9.17) is 11.6 Å². The molecule has 0 heterocycles. The Morgan fingerprint density at radius 1 is 1.15 bits per heavy atom. The molecule has 0 unspecified atom stereocenters. The van der Waals surface area contributed by atoms with Crippen molar-refractivity contribution in [2.45, 2.75) is 41.0 Å². The molecule has 0 atom stereocenters. The minimum atomic E-state index is 0. The van der Waals surface area contributed by atoms with Crippen molar-refractivity contribution >= 4 is 11.6 Å². The lowest BCUT2D eigenvalue weighted by Crippen LogP contribution is -1.84. The predicted octanol–water partition coefficient (Wildman–Crippen LogP) is 5.13. The summed E-state index contributed by atoms with van der Waals surface area (Å²) in [5.74, 6) is 0.568. The van der Waals surface area contributed by atoms with Crippen molar-refractivity contribution in [1.82, 2.24) is 0 Å². The Hall–Kier alpha value is -0.490. The Morgan fingerprint density at radius 2 is 1.69 bits per heavy atom. The van der Waals surface area contributed by atoms with E-state index in [1.54, 1.807) is 0 Å². The van der Waals surface area contributed by atoms with Gasteiger partial charge in [-0.25, -0.2) is 0 Å². The molecule has 13 heavy (non-hydrogen) atoms. The fraction of sp³-hybridized carbons (Fsp3) is 0.500. The molecule has 0 nitrogen and oxygen atoms in total. The summed E-state index contributed by atoms with van der Waals surface area (Å²) < 4.78 is 0. The maximum atomic E-state index is 5.79. The van der Waals surface area contributed by atoms with E-state index in [1.165, 1.54) is 5.56 Å². The van der Waals surface area contributed by atoms with Gasteiger partial charge in [0.15, 0.2) is 0 Å². The highest BCUT2D eigenvalue weighted by atomic mass is 35.5. The molecule has 1 heteroatoms. The summed E-state index contributed by atoms with van der Waals surface area (Å²) in [5, 5.41) is 0.825. The second-order valence-corrected chi connectivity index (χ2v) is 3.15. The van der Waals surface area contributed by atoms with Gasteiger partial charge in [0, 0.05) is 5.02 Å². The van der Waals surface area contributed by atoms with E-state index in [-0.39, 0.29) is 7.43 Å². The van der Waals surface area contributed by atoms with E-state index in [0.717, 1.165) is 5.02 Å². The molecule has 0 amide bonds. The average Bonchev–Trinajstić information content (AvgIpc) is 2.08. The second kappa shape index (κ2) is 8.12. The summed E-state index contributed by atoms with van der Waals surface area (Å²) >= 11 is 5.79. The van der Waals surface area contributed by atoms with Gasteiger partial charge in [0.05, 0.1) is 0 Å². The van der Waals surface area contributed by atoms with Crippen LogP contribution in [0.5, 0.6) is 0 Å². The van der Waals surface area contributed by atoms with E-state index >= 15 is 0 Å². The summed E-state index contributed by atoms with van der Waals surface area (Å²) in [5.41, 5.74) is 1.30. The average molecular weight is 201 g/mol. The molecule has 76 valence electrons. The fourth-order valence-corrected chi connectivity index (χ4v) is 1.06. The lowest BCUT2D eigenvalue weighted by Gasteiger charge is -2.03. The number of hydrogen-bond acceptors (Lipinski definition) is 0. The zero-order valence-corrected chi connectivity index (χ0v) is 9.02. The third kappa shape index (κ3) is 5.70. The van der Waals surface area contributed by atoms with Gasteiger partial charge in [0.1, 0.15) is 0 Å². The smallest absolute Gasteiger partial charge is 0.0408 e. The predicted molar refractivity (Wildman–Crippen MR) is 63.6 cm³/mol. The van der Waals surface area contributed by atoms with Crippen molar-refractivity contribution in [3.8, 4) is 0 Å². The van der Waals surface area contributed by atoms with Crippen molar-refractivity contribution in [1.29, 1.82) is 0 Å². The molecule has 0 saturated carbocycles. The maximum Gasteiger partial charge on any atom is 0.0408 e. The number of hydrogen-bond donors (Lipinski definition) is 0. The van der Waals surface area contributed by atoms with E-state index in [0.29, 0.717) is 5.92 Å². The molecule has 0 N–H and O–H groups in total. The van der Waals surface area contributed by atoms with Crippen LogP contribution in [0.4, 0.5) is 0 Å². The monoisotopic (exact) mass is 200 g/mol. The quantitative estimate of drug-likeness (QED) is 0.590. The second-order valence-electron chi connectivity index (χ2n) is 2.71. The molecule has 1 rings (SSSR count). The summed E-state index contributed by atoms with van der Waals surface area (Å²) in [6.45, 7) is 8.32. The summed E-state index contributed by atoms with van der Waals surface area (Å²) in [4.78, 5) is 0. The summed E-state index contributed by atoms with van der Waals surface area (Å²) in [6.07, 6.45) is 0. The van der Waals surface area contributed by atoms with E-state index in [1.807, 2.05) is 32.0 Å². The van der Waals surface area contributed by atoms with Crippen LogP contribution in [0.1, 0.15) is 46.6 Å². The third-order valence-electron chi connectivity index (χ3n) is 1.52. The van der Waals surface area contributed by atoms with Crippen LogP contribution in [0.2, 0.25) is 5.02 Å². The molecule has 0 aliphatic heterocycles. The first kappa shape index (κ1) is 15.0. The molecular weight excluding hydrogens is 180 g/mol. The van der Waals surface area contributed by atoms with Gasteiger partial charge in [0.25, 0.3) is 0 Å². The third-order valence-corrected chi connectivity index (χ3v) is 1.75. The van der Waals surface area contributed by atoms with Gasteiger partial charge in [-0.2, -0.15) is 0 Å². The highest BCUT2D eigenvalue weighted by molar-refractivity contribution is 6.30. The van der Waals surface area contributed by atoms with Gasteiger partial charge in [-0.15, -0.1) is 0 Å². The van der Waals surface area contributed by atoms with Crippen LogP contribution in [0.15, 0.2) is 24.3 Å². The molecule has 0 aliphatic rings. The molecular formula is C12H21Cl. The minimum absolute atomic E-state index is 0. The van der Waals surface area contributed by atoms with Crippen LogP contribution in [-0.2, 0) is 0 Å². The van der Waals surface area contributed by atoms with Crippen LogP contribution in [0.25, 0.3) is 0 Å². The standard InChI is InChI=1S/C9H11Cl.C2H6.CH4/c1-7(2)8-4-3-5-9(10)6-8;1-2;/h3-7H,1-2H3;1-2H3;1H4. The van der Waals surface area contributed by atoms with Crippen molar-refractivity contribution in [2.75, 3.05) is 0 Å². The van der Waals surface area contributed by atoms with Gasteiger partial charge >= 0.3 is 0 Å². The van der Waals surface area contributed by atoms with Gasteiger partial charge in [-0.3, -0.25) is 0 Å². The molecule has 0 bridgehead atoms. The first-order valence-electron chi connectivity index (χ1n) is 4.45. The number of halogens is 1. The Balaban J connectivity index is 0. The van der Waals surface area contributed by atoms with Crippen LogP contribution < -0.4 is 0 Å². The van der Waals surface area contributed by atoms with E-state index in [2.05, 4.69) is 19.9 Å². The molecule has 0 fully saturated rings. The highest BCUT2D eigenvalue weighted by Crippen LogP contribution is 2.17. The number of benzene rings is 1. The van der Waals surface area contributed by atoms with E-state index in [9.17, 15) is 0 Å². The van der Waals surface area contributed by atoms with Crippen LogP contribution in [-0.4, -0.2) is 0 Å². The Morgan fingerprint density at radius 3 is 2.00 bits per heavy atom. The fourth-order valence-electron chi connectivity index (χ4n) is 0.866. The summed E-state index contributed by atoms with van der Waals surface area (Å²) in [6, 6.07) is 7.98. The molecule has 1 aromatic rings. The van der Waals surface area contributed by atoms with Crippen molar-refractivity contribution in [3.05, 3.63) is 34.9 Å². The largest absolute Gasteiger partial charge is 0.0843 e. The zero-order valence-electron chi connectivity index (χ0n) is 8.26. The zero-order chi connectivity index (χ0) is 9.56. The van der Waals surface area contributed by atoms with Crippen LogP contribution in [0.3, 0.4) is 0 Å². The van der Waals surface area contributed by atoms with Gasteiger partial charge < -0.3 is 0 Å². The minimum Gasteiger partial charge on any atom is -0.0843 e. The maximum absolute atomic E-state index is 5.79. The first-order chi connectivity index (χ1) is 5.70. The van der Waals surface area contributed by atoms with E-state index < -0.39 is 0 Å². The van der Waals surface area contributed by atoms with Crippen molar-refractivity contribution in [3.63, 3.8) is 0 Å². The van der Waals surface area contributed by atoms with Crippen molar-refractivity contribution < 1.29 is 0 Å². The summed E-state index contributed by atoms with van der Waals surface area (Å²) in [7, 11) is 0. The van der Waals surface area contributed by atoms with Gasteiger partial charge in [-0.05, 0) is 23.6 Å². The Labute approximate surface area is 87.9 Å². The molecule has 0 aliphatic carbocycles. The highest BCUT2D eigenvalue weighted by Gasteiger charge is 1.97. The topological polar surface area (TPSA) is 0 Å². The molecule has 0 aromatic heterocycles. The lowest BCUT2D eigenvalue weighted by atomic mass is 10.0. The SMILES string of the molecule is C.CC.CC(C)c1cccc(Cl)c1. The van der Waals surface area contributed by atoms with Crippen molar-refractivity contribution in [2.24, 2.45) is 0 Å². The Kier molecular flexibility index (Phi) is 9.38. The van der Waals surface area contributed by atoms with Crippen LogP contribution in [0, 0.1) is 0 Å². The van der Waals surface area contributed by atoms with Gasteiger partial charge in [0.2, 0.25) is 0 Å². The number of rotatable bonds is 1.